The van der Waals surface area contributed by atoms with Crippen molar-refractivity contribution in [1.29, 1.82) is 0 Å². The van der Waals surface area contributed by atoms with Gasteiger partial charge in [0.15, 0.2) is 0 Å². The lowest BCUT2D eigenvalue weighted by Gasteiger charge is -2.30. The van der Waals surface area contributed by atoms with E-state index in [1.165, 1.54) is 0 Å². The molecule has 1 aliphatic heterocycles. The van der Waals surface area contributed by atoms with Gasteiger partial charge >= 0.3 is 6.03 Å². The van der Waals surface area contributed by atoms with Crippen molar-refractivity contribution in [3.05, 3.63) is 35.5 Å². The van der Waals surface area contributed by atoms with Gasteiger partial charge in [0, 0.05) is 12.1 Å². The number of carbonyl (C=O) groups is 1. The zero-order chi connectivity index (χ0) is 9.31. The second-order valence-electron chi connectivity index (χ2n) is 2.74. The third kappa shape index (κ3) is 1.14. The third-order valence-corrected chi connectivity index (χ3v) is 1.90. The molecule has 13 heavy (non-hydrogen) atoms. The average molecular weight is 177 g/mol. The standard InChI is InChI=1S/C8H7N3O2/c12-8-10-9-6-11(8,13)7-4-2-1-3-5-7/h1-5H,6H2. The van der Waals surface area contributed by atoms with Crippen LogP contribution in [0.25, 0.3) is 0 Å². The van der Waals surface area contributed by atoms with Crippen molar-refractivity contribution in [2.45, 2.75) is 0 Å². The molecule has 1 aromatic rings. The van der Waals surface area contributed by atoms with Crippen molar-refractivity contribution >= 4 is 11.7 Å². The van der Waals surface area contributed by atoms with Crippen LogP contribution in [-0.4, -0.2) is 12.7 Å². The van der Waals surface area contributed by atoms with Crippen LogP contribution in [0.1, 0.15) is 0 Å². The molecule has 2 amide bonds. The molecule has 5 heteroatoms. The summed E-state index contributed by atoms with van der Waals surface area (Å²) in [5.41, 5.74) is 0.373. The number of quaternary nitrogens is 1. The Morgan fingerprint density at radius 3 is 2.54 bits per heavy atom. The van der Waals surface area contributed by atoms with E-state index in [0.29, 0.717) is 5.69 Å². The van der Waals surface area contributed by atoms with Crippen LogP contribution in [0.15, 0.2) is 40.6 Å². The van der Waals surface area contributed by atoms with Gasteiger partial charge in [0.25, 0.3) is 0 Å². The molecule has 5 nitrogen and oxygen atoms in total. The molecule has 1 unspecified atom stereocenters. The minimum atomic E-state index is -1.10. The molecule has 0 aliphatic carbocycles. The summed E-state index contributed by atoms with van der Waals surface area (Å²) in [4.78, 5) is 11.1. The molecule has 1 aromatic carbocycles. The Kier molecular flexibility index (Phi) is 1.68. The second-order valence-corrected chi connectivity index (χ2v) is 2.74. The number of nitrogens with zero attached hydrogens (tertiary/aromatic N) is 3. The summed E-state index contributed by atoms with van der Waals surface area (Å²) in [6, 6.07) is 7.64. The highest BCUT2D eigenvalue weighted by atomic mass is 16.6. The van der Waals surface area contributed by atoms with Crippen molar-refractivity contribution in [3.63, 3.8) is 0 Å². The average Bonchev–Trinajstić information content (AvgIpc) is 2.50. The minimum absolute atomic E-state index is 0.150. The van der Waals surface area contributed by atoms with Crippen molar-refractivity contribution in [1.82, 2.24) is 4.65 Å². The largest absolute Gasteiger partial charge is 0.617 e. The highest BCUT2D eigenvalue weighted by Gasteiger charge is 2.34. The highest BCUT2D eigenvalue weighted by Crippen LogP contribution is 2.26. The monoisotopic (exact) mass is 177 g/mol. The molecular formula is C8H7N3O2. The van der Waals surface area contributed by atoms with E-state index in [1.54, 1.807) is 30.3 Å². The van der Waals surface area contributed by atoms with E-state index in [1.807, 2.05) is 0 Å². The number of hydrogen-bond acceptors (Lipinski definition) is 3. The molecular weight excluding hydrogens is 170 g/mol. The Bertz CT molecular complexity index is 363. The first-order valence-corrected chi connectivity index (χ1v) is 3.80. The molecule has 0 saturated heterocycles. The van der Waals surface area contributed by atoms with Crippen LogP contribution in [0.3, 0.4) is 0 Å². The number of para-hydroxylation sites is 1. The predicted octanol–water partition coefficient (Wildman–Crippen LogP) is 2.04. The molecule has 1 heterocycles. The molecule has 0 spiro atoms. The molecule has 0 bridgehead atoms. The van der Waals surface area contributed by atoms with E-state index < -0.39 is 10.7 Å². The van der Waals surface area contributed by atoms with E-state index >= 15 is 0 Å². The van der Waals surface area contributed by atoms with Gasteiger partial charge in [-0.3, -0.25) is 0 Å². The van der Waals surface area contributed by atoms with E-state index in [9.17, 15) is 10.0 Å². The van der Waals surface area contributed by atoms with Gasteiger partial charge < -0.3 is 5.21 Å². The summed E-state index contributed by atoms with van der Waals surface area (Å²) in [5, 5.41) is 18.5. The SMILES string of the molecule is O=C1N=NC[N+]1([O-])c1ccccc1. The Morgan fingerprint density at radius 2 is 2.00 bits per heavy atom. The van der Waals surface area contributed by atoms with Crippen LogP contribution in [0.5, 0.6) is 0 Å². The summed E-state index contributed by atoms with van der Waals surface area (Å²) in [6.45, 7) is -0.150. The minimum Gasteiger partial charge on any atom is -0.617 e. The summed E-state index contributed by atoms with van der Waals surface area (Å²) in [7, 11) is 0. The number of rotatable bonds is 1. The maximum absolute atomic E-state index is 11.8. The first-order chi connectivity index (χ1) is 6.23. The van der Waals surface area contributed by atoms with Crippen molar-refractivity contribution < 1.29 is 4.79 Å². The van der Waals surface area contributed by atoms with Crippen LogP contribution < -0.4 is 4.65 Å². The lowest BCUT2D eigenvalue weighted by atomic mass is 10.3. The fourth-order valence-electron chi connectivity index (χ4n) is 1.17. The Balaban J connectivity index is 2.42. The van der Waals surface area contributed by atoms with Crippen LogP contribution >= 0.6 is 0 Å². The smallest absolute Gasteiger partial charge is 0.467 e. The van der Waals surface area contributed by atoms with Crippen molar-refractivity contribution in [3.8, 4) is 0 Å². The second kappa shape index (κ2) is 2.72. The molecule has 2 rings (SSSR count). The molecule has 0 saturated carbocycles. The van der Waals surface area contributed by atoms with Crippen LogP contribution in [0, 0.1) is 5.21 Å². The summed E-state index contributed by atoms with van der Waals surface area (Å²) < 4.78 is -1.10. The molecule has 1 atom stereocenters. The van der Waals surface area contributed by atoms with Crippen molar-refractivity contribution in [2.24, 2.45) is 10.2 Å². The maximum atomic E-state index is 11.8. The third-order valence-electron chi connectivity index (χ3n) is 1.90. The first-order valence-electron chi connectivity index (χ1n) is 3.80. The quantitative estimate of drug-likeness (QED) is 0.486. The topological polar surface area (TPSA) is 64.8 Å². The van der Waals surface area contributed by atoms with Gasteiger partial charge in [0.05, 0.1) is 0 Å². The molecule has 1 aliphatic rings. The normalized spacial score (nSPS) is 26.7. The van der Waals surface area contributed by atoms with Gasteiger partial charge in [-0.15, -0.1) is 5.11 Å². The summed E-state index contributed by atoms with van der Waals surface area (Å²) in [5.74, 6) is 0. The van der Waals surface area contributed by atoms with E-state index in [4.69, 9.17) is 0 Å². The first kappa shape index (κ1) is 8.03. The van der Waals surface area contributed by atoms with E-state index in [2.05, 4.69) is 10.2 Å². The van der Waals surface area contributed by atoms with Gasteiger partial charge in [0.1, 0.15) is 5.69 Å². The Labute approximate surface area is 74.5 Å². The molecule has 0 radical (unpaired) electrons. The summed E-state index contributed by atoms with van der Waals surface area (Å²) in [6.07, 6.45) is 0. The van der Waals surface area contributed by atoms with E-state index in [-0.39, 0.29) is 6.67 Å². The van der Waals surface area contributed by atoms with E-state index in [0.717, 1.165) is 0 Å². The Hall–Kier alpha value is -1.59. The lowest BCUT2D eigenvalue weighted by Crippen LogP contribution is -2.43. The van der Waals surface area contributed by atoms with Gasteiger partial charge in [-0.25, -0.2) is 9.44 Å². The van der Waals surface area contributed by atoms with Gasteiger partial charge in [-0.05, 0) is 0 Å². The summed E-state index contributed by atoms with van der Waals surface area (Å²) >= 11 is 0. The van der Waals surface area contributed by atoms with Crippen molar-refractivity contribution in [2.75, 3.05) is 6.67 Å². The maximum Gasteiger partial charge on any atom is 0.467 e. The highest BCUT2D eigenvalue weighted by molar-refractivity contribution is 5.89. The molecule has 0 N–H and O–H groups in total. The number of urea groups is 1. The number of hydrogen-bond donors (Lipinski definition) is 0. The molecule has 0 fully saturated rings. The van der Waals surface area contributed by atoms with Crippen LogP contribution in [0.2, 0.25) is 0 Å². The number of carbonyl (C=O) groups excluding carboxylic acids is 1. The lowest BCUT2D eigenvalue weighted by molar-refractivity contribution is 0.232. The number of hydroxylamine groups is 2. The predicted molar refractivity (Wildman–Crippen MR) is 46.7 cm³/mol. The van der Waals surface area contributed by atoms with Crippen LogP contribution in [-0.2, 0) is 0 Å². The number of azo groups is 1. The van der Waals surface area contributed by atoms with Gasteiger partial charge in [-0.1, -0.05) is 23.3 Å². The zero-order valence-electron chi connectivity index (χ0n) is 6.75. The van der Waals surface area contributed by atoms with Gasteiger partial charge in [-0.2, -0.15) is 0 Å². The Morgan fingerprint density at radius 1 is 1.31 bits per heavy atom. The van der Waals surface area contributed by atoms with Gasteiger partial charge in [0.2, 0.25) is 6.67 Å². The number of amides is 2. The molecule has 0 aromatic heterocycles. The molecule has 66 valence electrons. The number of benzene rings is 1. The van der Waals surface area contributed by atoms with Crippen LogP contribution in [0.4, 0.5) is 10.5 Å². The fourth-order valence-corrected chi connectivity index (χ4v) is 1.17. The fraction of sp³-hybridized carbons (Fsp3) is 0.125. The zero-order valence-corrected chi connectivity index (χ0v) is 6.75.